The van der Waals surface area contributed by atoms with E-state index in [1.54, 1.807) is 36.1 Å². The lowest BCUT2D eigenvalue weighted by Crippen LogP contribution is -2.20. The molecule has 0 spiro atoms. The highest BCUT2D eigenvalue weighted by atomic mass is 19.1. The molecule has 0 atom stereocenters. The summed E-state index contributed by atoms with van der Waals surface area (Å²) in [5.74, 6) is -1.88. The molecule has 7 heteroatoms. The van der Waals surface area contributed by atoms with E-state index < -0.39 is 17.5 Å². The van der Waals surface area contributed by atoms with Gasteiger partial charge in [-0.15, -0.1) is 0 Å². The molecular formula is C16H13F2N3O2. The fourth-order valence-corrected chi connectivity index (χ4v) is 2.37. The maximum absolute atomic E-state index is 13.5. The number of anilines is 1. The molecule has 0 radical (unpaired) electrons. The van der Waals surface area contributed by atoms with Gasteiger partial charge in [-0.05, 0) is 24.3 Å². The fourth-order valence-electron chi connectivity index (χ4n) is 2.37. The first kappa shape index (κ1) is 15.0. The van der Waals surface area contributed by atoms with E-state index in [0.29, 0.717) is 10.9 Å². The topological polar surface area (TPSA) is 56.0 Å². The Kier molecular flexibility index (Phi) is 3.69. The number of rotatable bonds is 3. The number of carbonyl (C=O) groups is 1. The molecular weight excluding hydrogens is 304 g/mol. The van der Waals surface area contributed by atoms with Gasteiger partial charge in [0.1, 0.15) is 18.2 Å². The second-order valence-corrected chi connectivity index (χ2v) is 5.15. The van der Waals surface area contributed by atoms with Crippen LogP contribution in [0.5, 0.6) is 0 Å². The van der Waals surface area contributed by atoms with Crippen LogP contribution in [-0.2, 0) is 18.4 Å². The molecule has 0 bridgehead atoms. The summed E-state index contributed by atoms with van der Waals surface area (Å²) < 4.78 is 29.6. The van der Waals surface area contributed by atoms with E-state index in [9.17, 15) is 18.4 Å². The Morgan fingerprint density at radius 3 is 2.74 bits per heavy atom. The van der Waals surface area contributed by atoms with E-state index in [2.05, 4.69) is 5.32 Å². The van der Waals surface area contributed by atoms with Crippen molar-refractivity contribution in [2.45, 2.75) is 6.54 Å². The number of aryl methyl sites for hydroxylation is 1. The molecule has 0 aliphatic carbocycles. The molecule has 5 nitrogen and oxygen atoms in total. The predicted molar refractivity (Wildman–Crippen MR) is 82.2 cm³/mol. The molecule has 118 valence electrons. The minimum Gasteiger partial charge on any atom is -0.338 e. The average molecular weight is 317 g/mol. The lowest BCUT2D eigenvalue weighted by molar-refractivity contribution is -0.116. The molecule has 0 saturated heterocycles. The van der Waals surface area contributed by atoms with Crippen molar-refractivity contribution in [2.24, 2.45) is 7.05 Å². The molecule has 23 heavy (non-hydrogen) atoms. The SMILES string of the molecule is Cn1ccc2c(ccn2CC(=O)Nc2cc(F)ccc2F)c1=O. The number of amides is 1. The normalized spacial score (nSPS) is 10.9. The van der Waals surface area contributed by atoms with Crippen LogP contribution in [0.4, 0.5) is 14.5 Å². The Labute approximate surface area is 129 Å². The van der Waals surface area contributed by atoms with Crippen LogP contribution in [-0.4, -0.2) is 15.0 Å². The van der Waals surface area contributed by atoms with Crippen LogP contribution in [0.25, 0.3) is 10.9 Å². The van der Waals surface area contributed by atoms with Crippen LogP contribution in [0.2, 0.25) is 0 Å². The van der Waals surface area contributed by atoms with Crippen molar-refractivity contribution < 1.29 is 13.6 Å². The average Bonchev–Trinajstić information content (AvgIpc) is 2.90. The van der Waals surface area contributed by atoms with Crippen LogP contribution in [0, 0.1) is 11.6 Å². The molecule has 0 unspecified atom stereocenters. The lowest BCUT2D eigenvalue weighted by Gasteiger charge is -2.08. The monoisotopic (exact) mass is 317 g/mol. The number of carbonyl (C=O) groups excluding carboxylic acids is 1. The number of aromatic nitrogens is 2. The third-order valence-electron chi connectivity index (χ3n) is 3.53. The number of pyridine rings is 1. The summed E-state index contributed by atoms with van der Waals surface area (Å²) in [6.45, 7) is -0.118. The van der Waals surface area contributed by atoms with Crippen LogP contribution < -0.4 is 10.9 Å². The number of nitrogens with zero attached hydrogens (tertiary/aromatic N) is 2. The second kappa shape index (κ2) is 5.68. The highest BCUT2D eigenvalue weighted by Crippen LogP contribution is 2.16. The van der Waals surface area contributed by atoms with E-state index in [1.807, 2.05) is 0 Å². The zero-order valence-electron chi connectivity index (χ0n) is 12.2. The zero-order chi connectivity index (χ0) is 16.6. The van der Waals surface area contributed by atoms with Crippen molar-refractivity contribution in [1.29, 1.82) is 0 Å². The number of nitrogens with one attached hydrogen (secondary N) is 1. The number of halogens is 2. The van der Waals surface area contributed by atoms with Gasteiger partial charge in [-0.2, -0.15) is 0 Å². The van der Waals surface area contributed by atoms with Crippen molar-refractivity contribution in [3.63, 3.8) is 0 Å². The van der Waals surface area contributed by atoms with Gasteiger partial charge >= 0.3 is 0 Å². The van der Waals surface area contributed by atoms with Gasteiger partial charge in [-0.3, -0.25) is 9.59 Å². The summed E-state index contributed by atoms with van der Waals surface area (Å²) in [4.78, 5) is 24.0. The third kappa shape index (κ3) is 2.85. The summed E-state index contributed by atoms with van der Waals surface area (Å²) in [7, 11) is 1.64. The maximum atomic E-state index is 13.5. The van der Waals surface area contributed by atoms with Crippen molar-refractivity contribution in [1.82, 2.24) is 9.13 Å². The number of benzene rings is 1. The summed E-state index contributed by atoms with van der Waals surface area (Å²) in [6.07, 6.45) is 3.21. The molecule has 2 heterocycles. The number of fused-ring (bicyclic) bond motifs is 1. The molecule has 0 saturated carbocycles. The van der Waals surface area contributed by atoms with Gasteiger partial charge < -0.3 is 14.5 Å². The van der Waals surface area contributed by atoms with E-state index >= 15 is 0 Å². The molecule has 0 aliphatic heterocycles. The number of hydrogen-bond acceptors (Lipinski definition) is 2. The first-order chi connectivity index (χ1) is 11.0. The predicted octanol–water partition coefficient (Wildman–Crippen LogP) is 2.26. The van der Waals surface area contributed by atoms with Crippen LogP contribution in [0.15, 0.2) is 47.5 Å². The van der Waals surface area contributed by atoms with Crippen molar-refractivity contribution in [3.8, 4) is 0 Å². The largest absolute Gasteiger partial charge is 0.338 e. The van der Waals surface area contributed by atoms with E-state index in [4.69, 9.17) is 0 Å². The fraction of sp³-hybridized carbons (Fsp3) is 0.125. The molecule has 0 fully saturated rings. The summed E-state index contributed by atoms with van der Waals surface area (Å²) in [5.41, 5.74) is 0.211. The Balaban J connectivity index is 1.85. The smallest absolute Gasteiger partial charge is 0.259 e. The van der Waals surface area contributed by atoms with Gasteiger partial charge in [0.2, 0.25) is 5.91 Å². The Morgan fingerprint density at radius 1 is 1.17 bits per heavy atom. The summed E-state index contributed by atoms with van der Waals surface area (Å²) >= 11 is 0. The Morgan fingerprint density at radius 2 is 1.96 bits per heavy atom. The molecule has 3 aromatic rings. The van der Waals surface area contributed by atoms with Gasteiger partial charge in [-0.1, -0.05) is 0 Å². The maximum Gasteiger partial charge on any atom is 0.259 e. The van der Waals surface area contributed by atoms with Gasteiger partial charge in [0.05, 0.1) is 16.6 Å². The first-order valence-electron chi connectivity index (χ1n) is 6.85. The van der Waals surface area contributed by atoms with E-state index in [0.717, 1.165) is 18.2 Å². The van der Waals surface area contributed by atoms with E-state index in [-0.39, 0.29) is 17.8 Å². The lowest BCUT2D eigenvalue weighted by atomic mass is 10.3. The van der Waals surface area contributed by atoms with Crippen LogP contribution in [0.1, 0.15) is 0 Å². The summed E-state index contributed by atoms with van der Waals surface area (Å²) in [5, 5.41) is 2.81. The molecule has 2 aromatic heterocycles. The zero-order valence-corrected chi connectivity index (χ0v) is 12.2. The molecule has 3 rings (SSSR count). The van der Waals surface area contributed by atoms with Gasteiger partial charge in [0.15, 0.2) is 0 Å². The van der Waals surface area contributed by atoms with Gasteiger partial charge in [0, 0.05) is 25.5 Å². The van der Waals surface area contributed by atoms with Crippen molar-refractivity contribution in [2.75, 3.05) is 5.32 Å². The van der Waals surface area contributed by atoms with Crippen molar-refractivity contribution >= 4 is 22.5 Å². The van der Waals surface area contributed by atoms with Gasteiger partial charge in [0.25, 0.3) is 5.56 Å². The molecule has 1 aromatic carbocycles. The molecule has 0 aliphatic rings. The van der Waals surface area contributed by atoms with Crippen molar-refractivity contribution in [3.05, 3.63) is 64.7 Å². The second-order valence-electron chi connectivity index (χ2n) is 5.15. The highest BCUT2D eigenvalue weighted by Gasteiger charge is 2.11. The van der Waals surface area contributed by atoms with Crippen LogP contribution in [0.3, 0.4) is 0 Å². The van der Waals surface area contributed by atoms with Crippen LogP contribution >= 0.6 is 0 Å². The minimum absolute atomic E-state index is 0.118. The molecule has 1 amide bonds. The highest BCUT2D eigenvalue weighted by molar-refractivity contribution is 5.92. The Hall–Kier alpha value is -2.96. The number of hydrogen-bond donors (Lipinski definition) is 1. The molecule has 1 N–H and O–H groups in total. The summed E-state index contributed by atoms with van der Waals surface area (Å²) in [6, 6.07) is 6.16. The Bertz CT molecular complexity index is 960. The first-order valence-corrected chi connectivity index (χ1v) is 6.85. The quantitative estimate of drug-likeness (QED) is 0.805. The van der Waals surface area contributed by atoms with Gasteiger partial charge in [-0.25, -0.2) is 8.78 Å². The standard InChI is InChI=1S/C16H13F2N3O2/c1-20-6-5-14-11(16(20)23)4-7-21(14)9-15(22)19-13-8-10(17)2-3-12(13)18/h2-8H,9H2,1H3,(H,19,22). The minimum atomic E-state index is -0.717. The third-order valence-corrected chi connectivity index (χ3v) is 3.53. The van der Waals surface area contributed by atoms with E-state index in [1.165, 1.54) is 4.57 Å².